The number of hydrogen-bond donors (Lipinski definition) is 0. The average Bonchev–Trinajstić information content (AvgIpc) is 3.44. The van der Waals surface area contributed by atoms with Gasteiger partial charge in [0, 0.05) is 5.56 Å². The molecular formula is C23H17Br3N2O3S2. The molecule has 0 aliphatic rings. The first-order chi connectivity index (χ1) is 15.9. The van der Waals surface area contributed by atoms with Crippen molar-refractivity contribution in [2.24, 2.45) is 0 Å². The Balaban J connectivity index is 0.000000172. The molecule has 0 atom stereocenters. The van der Waals surface area contributed by atoms with E-state index in [-0.39, 0.29) is 0 Å². The second kappa shape index (κ2) is 10.7. The van der Waals surface area contributed by atoms with E-state index >= 15 is 0 Å². The lowest BCUT2D eigenvalue weighted by Gasteiger charge is -2.01. The minimum Gasteiger partial charge on any atom is -0.497 e. The van der Waals surface area contributed by atoms with Crippen molar-refractivity contribution < 1.29 is 14.2 Å². The number of benzene rings is 3. The summed E-state index contributed by atoms with van der Waals surface area (Å²) in [6.07, 6.45) is 0. The lowest BCUT2D eigenvalue weighted by Crippen LogP contribution is -1.83. The Hall–Kier alpha value is -1.72. The molecule has 5 rings (SSSR count). The van der Waals surface area contributed by atoms with Crippen molar-refractivity contribution in [3.63, 3.8) is 0 Å². The molecule has 0 spiro atoms. The molecule has 5 nitrogen and oxygen atoms in total. The first-order valence-electron chi connectivity index (χ1n) is 9.51. The molecular weight excluding hydrogens is 656 g/mol. The van der Waals surface area contributed by atoms with Crippen LogP contribution in [0, 0.1) is 0 Å². The highest BCUT2D eigenvalue weighted by Crippen LogP contribution is 2.40. The van der Waals surface area contributed by atoms with Crippen LogP contribution in [-0.2, 0) is 0 Å². The van der Waals surface area contributed by atoms with Crippen LogP contribution >= 0.6 is 70.5 Å². The van der Waals surface area contributed by atoms with E-state index in [4.69, 9.17) is 14.2 Å². The fraction of sp³-hybridized carbons (Fsp3) is 0.130. The standard InChI is InChI=1S/C15H12BrNO2S.C8H5Br2NOS/c1-18-10-5-3-9(4-6-10)15-17-11-7-8-12(19-2)13(16)14(11)20-15;1-12-5-3-2-4-7(6(5)9)13-8(10)11-4/h3-8H,1-2H3;2-3H,1H3. The third kappa shape index (κ3) is 5.19. The summed E-state index contributed by atoms with van der Waals surface area (Å²) in [5, 5.41) is 0.983. The van der Waals surface area contributed by atoms with Crippen LogP contribution in [0.1, 0.15) is 0 Å². The Kier molecular flexibility index (Phi) is 7.91. The van der Waals surface area contributed by atoms with Gasteiger partial charge in [0.15, 0.2) is 3.92 Å². The van der Waals surface area contributed by atoms with Gasteiger partial charge in [-0.05, 0) is 96.3 Å². The summed E-state index contributed by atoms with van der Waals surface area (Å²) in [6.45, 7) is 0. The van der Waals surface area contributed by atoms with Crippen molar-refractivity contribution >= 4 is 90.9 Å². The molecule has 3 aromatic carbocycles. The fourth-order valence-corrected chi connectivity index (χ4v) is 6.91. The number of ether oxygens (including phenoxy) is 3. The smallest absolute Gasteiger partial charge is 0.160 e. The van der Waals surface area contributed by atoms with Crippen molar-refractivity contribution in [3.05, 3.63) is 61.4 Å². The topological polar surface area (TPSA) is 53.5 Å². The number of aromatic nitrogens is 2. The molecule has 0 fully saturated rings. The summed E-state index contributed by atoms with van der Waals surface area (Å²) in [5.41, 5.74) is 3.02. The first-order valence-corrected chi connectivity index (χ1v) is 13.5. The quantitative estimate of drug-likeness (QED) is 0.192. The molecule has 10 heteroatoms. The van der Waals surface area contributed by atoms with Gasteiger partial charge in [-0.1, -0.05) is 0 Å². The van der Waals surface area contributed by atoms with E-state index in [1.165, 1.54) is 0 Å². The molecule has 0 amide bonds. The summed E-state index contributed by atoms with van der Waals surface area (Å²) in [6, 6.07) is 15.7. The minimum absolute atomic E-state index is 0.822. The zero-order chi connectivity index (χ0) is 23.5. The van der Waals surface area contributed by atoms with Crippen LogP contribution in [0.2, 0.25) is 0 Å². The van der Waals surface area contributed by atoms with Crippen molar-refractivity contribution in [1.82, 2.24) is 9.97 Å². The van der Waals surface area contributed by atoms with Gasteiger partial charge in [0.25, 0.3) is 0 Å². The SMILES string of the molecule is COc1ccc(-c2nc3ccc(OC)c(Br)c3s2)cc1.COc1ccc2nc(Br)sc2c1Br. The van der Waals surface area contributed by atoms with Gasteiger partial charge in [0.2, 0.25) is 0 Å². The predicted octanol–water partition coefficient (Wildman–Crippen LogP) is 8.57. The molecule has 2 aromatic heterocycles. The van der Waals surface area contributed by atoms with E-state index < -0.39 is 0 Å². The Bertz CT molecular complexity index is 1420. The van der Waals surface area contributed by atoms with Crippen LogP contribution in [0.3, 0.4) is 0 Å². The number of hydrogen-bond acceptors (Lipinski definition) is 7. The number of thiazole rings is 2. The fourth-order valence-electron chi connectivity index (χ4n) is 3.03. The second-order valence-electron chi connectivity index (χ2n) is 6.57. The molecule has 5 aromatic rings. The molecule has 0 aliphatic heterocycles. The Labute approximate surface area is 224 Å². The maximum atomic E-state index is 5.31. The van der Waals surface area contributed by atoms with Crippen molar-refractivity contribution in [1.29, 1.82) is 0 Å². The van der Waals surface area contributed by atoms with Crippen LogP contribution in [0.4, 0.5) is 0 Å². The summed E-state index contributed by atoms with van der Waals surface area (Å²) < 4.78 is 20.7. The van der Waals surface area contributed by atoms with E-state index in [0.717, 1.165) is 61.1 Å². The number of fused-ring (bicyclic) bond motifs is 2. The van der Waals surface area contributed by atoms with Gasteiger partial charge in [0.1, 0.15) is 22.3 Å². The molecule has 0 aliphatic carbocycles. The van der Waals surface area contributed by atoms with Crippen molar-refractivity contribution in [2.45, 2.75) is 0 Å². The van der Waals surface area contributed by atoms with Crippen LogP contribution < -0.4 is 14.2 Å². The highest BCUT2D eigenvalue weighted by atomic mass is 79.9. The summed E-state index contributed by atoms with van der Waals surface area (Å²) in [7, 11) is 4.98. The largest absolute Gasteiger partial charge is 0.497 e. The predicted molar refractivity (Wildman–Crippen MR) is 147 cm³/mol. The third-order valence-corrected chi connectivity index (χ3v) is 9.45. The van der Waals surface area contributed by atoms with Crippen LogP contribution in [0.15, 0.2) is 61.4 Å². The van der Waals surface area contributed by atoms with E-state index in [2.05, 4.69) is 57.8 Å². The van der Waals surface area contributed by atoms with E-state index in [1.807, 2.05) is 48.5 Å². The third-order valence-electron chi connectivity index (χ3n) is 4.67. The van der Waals surface area contributed by atoms with Gasteiger partial charge in [-0.25, -0.2) is 9.97 Å². The van der Waals surface area contributed by atoms with E-state index in [1.54, 1.807) is 44.0 Å². The second-order valence-corrected chi connectivity index (χ2v) is 11.4. The van der Waals surface area contributed by atoms with E-state index in [0.29, 0.717) is 0 Å². The lowest BCUT2D eigenvalue weighted by atomic mass is 10.2. The maximum absolute atomic E-state index is 5.31. The molecule has 2 heterocycles. The van der Waals surface area contributed by atoms with Gasteiger partial charge in [-0.2, -0.15) is 0 Å². The van der Waals surface area contributed by atoms with Crippen molar-refractivity contribution in [2.75, 3.05) is 21.3 Å². The van der Waals surface area contributed by atoms with Gasteiger partial charge in [-0.3, -0.25) is 0 Å². The number of methoxy groups -OCH3 is 3. The Morgan fingerprint density at radius 3 is 1.73 bits per heavy atom. The number of rotatable bonds is 4. The highest BCUT2D eigenvalue weighted by molar-refractivity contribution is 9.11. The van der Waals surface area contributed by atoms with E-state index in [9.17, 15) is 0 Å². The lowest BCUT2D eigenvalue weighted by molar-refractivity contribution is 0.413. The minimum atomic E-state index is 0.822. The summed E-state index contributed by atoms with van der Waals surface area (Å²) in [5.74, 6) is 2.50. The van der Waals surface area contributed by atoms with Crippen molar-refractivity contribution in [3.8, 4) is 27.8 Å². The average molecular weight is 673 g/mol. The zero-order valence-corrected chi connectivity index (χ0v) is 24.1. The monoisotopic (exact) mass is 670 g/mol. The van der Waals surface area contributed by atoms with Gasteiger partial charge in [0.05, 0.1) is 50.7 Å². The van der Waals surface area contributed by atoms with Gasteiger partial charge in [-0.15, -0.1) is 22.7 Å². The van der Waals surface area contributed by atoms with Crippen LogP contribution in [0.25, 0.3) is 31.0 Å². The molecule has 0 saturated carbocycles. The molecule has 0 radical (unpaired) electrons. The molecule has 0 unspecified atom stereocenters. The Morgan fingerprint density at radius 2 is 1.18 bits per heavy atom. The number of nitrogens with zero attached hydrogens (tertiary/aromatic N) is 2. The maximum Gasteiger partial charge on any atom is 0.160 e. The highest BCUT2D eigenvalue weighted by Gasteiger charge is 2.12. The van der Waals surface area contributed by atoms with Gasteiger partial charge < -0.3 is 14.2 Å². The molecule has 33 heavy (non-hydrogen) atoms. The molecule has 0 saturated heterocycles. The van der Waals surface area contributed by atoms with Crippen LogP contribution in [-0.4, -0.2) is 31.3 Å². The summed E-state index contributed by atoms with van der Waals surface area (Å²) in [4.78, 5) is 8.97. The molecule has 0 N–H and O–H groups in total. The molecule has 170 valence electrons. The molecule has 0 bridgehead atoms. The first kappa shape index (κ1) is 24.4. The Morgan fingerprint density at radius 1 is 0.636 bits per heavy atom. The zero-order valence-electron chi connectivity index (χ0n) is 17.7. The normalized spacial score (nSPS) is 10.7. The summed E-state index contributed by atoms with van der Waals surface area (Å²) >= 11 is 13.6. The number of halogens is 3. The van der Waals surface area contributed by atoms with Crippen LogP contribution in [0.5, 0.6) is 17.2 Å². The van der Waals surface area contributed by atoms with Gasteiger partial charge >= 0.3 is 0 Å².